The highest BCUT2D eigenvalue weighted by Crippen LogP contribution is 2.30. The Morgan fingerprint density at radius 3 is 2.50 bits per heavy atom. The largest absolute Gasteiger partial charge is 0.481 e. The van der Waals surface area contributed by atoms with Gasteiger partial charge in [0.05, 0.1) is 22.0 Å². The molecule has 2 N–H and O–H groups in total. The van der Waals surface area contributed by atoms with E-state index in [1.54, 1.807) is 42.8 Å². The van der Waals surface area contributed by atoms with Crippen LogP contribution in [-0.2, 0) is 14.8 Å². The Morgan fingerprint density at radius 2 is 1.87 bits per heavy atom. The normalized spacial score (nSPS) is 11.3. The highest BCUT2D eigenvalue weighted by atomic mass is 32.2. The van der Waals surface area contributed by atoms with Crippen molar-refractivity contribution in [2.24, 2.45) is 0 Å². The number of rotatable bonds is 7. The zero-order valence-corrected chi connectivity index (χ0v) is 17.9. The molecule has 0 fully saturated rings. The van der Waals surface area contributed by atoms with Crippen LogP contribution in [0.5, 0.6) is 5.75 Å². The minimum Gasteiger partial charge on any atom is -0.481 e. The third-order valence-electron chi connectivity index (χ3n) is 4.54. The molecule has 0 atom stereocenters. The molecule has 0 unspecified atom stereocenters. The van der Waals surface area contributed by atoms with Gasteiger partial charge < -0.3 is 9.84 Å². The first-order chi connectivity index (χ1) is 14.1. The van der Waals surface area contributed by atoms with E-state index in [9.17, 15) is 13.2 Å². The number of hydrogen-bond donors (Lipinski definition) is 2. The molecule has 8 nitrogen and oxygen atoms in total. The number of aryl methyl sites for hydroxylation is 3. The SMILES string of the molecule is Cc1cc(C)n(-c2cccc(NS(=O)(=O)c3ccc(C)c(OCC(=O)O)c3C)c2)n1. The number of sulfonamides is 1. The second-order valence-corrected chi connectivity index (χ2v) is 8.66. The molecule has 0 saturated heterocycles. The second kappa shape index (κ2) is 8.19. The van der Waals surface area contributed by atoms with Crippen LogP contribution in [0.3, 0.4) is 0 Å². The molecule has 0 aliphatic carbocycles. The van der Waals surface area contributed by atoms with E-state index in [2.05, 4.69) is 9.82 Å². The molecule has 0 aliphatic heterocycles. The maximum atomic E-state index is 13.0. The minimum absolute atomic E-state index is 0.0185. The average Bonchev–Trinajstić information content (AvgIpc) is 2.99. The number of ether oxygens (including phenoxy) is 1. The lowest BCUT2D eigenvalue weighted by atomic mass is 10.1. The molecule has 0 spiro atoms. The lowest BCUT2D eigenvalue weighted by Crippen LogP contribution is -2.16. The van der Waals surface area contributed by atoms with Gasteiger partial charge in [0, 0.05) is 11.3 Å². The lowest BCUT2D eigenvalue weighted by Gasteiger charge is -2.16. The molecule has 9 heteroatoms. The number of aliphatic carboxylic acids is 1. The van der Waals surface area contributed by atoms with Gasteiger partial charge in [0.25, 0.3) is 10.0 Å². The molecule has 0 bridgehead atoms. The zero-order valence-electron chi connectivity index (χ0n) is 17.1. The Bertz CT molecular complexity index is 1220. The van der Waals surface area contributed by atoms with Crippen LogP contribution in [0.25, 0.3) is 5.69 Å². The quantitative estimate of drug-likeness (QED) is 0.596. The van der Waals surface area contributed by atoms with Gasteiger partial charge in [-0.1, -0.05) is 12.1 Å². The lowest BCUT2D eigenvalue weighted by molar-refractivity contribution is -0.139. The summed E-state index contributed by atoms with van der Waals surface area (Å²) in [7, 11) is -3.93. The fraction of sp³-hybridized carbons (Fsp3) is 0.238. The summed E-state index contributed by atoms with van der Waals surface area (Å²) in [6.07, 6.45) is 0. The number of benzene rings is 2. The molecule has 2 aromatic carbocycles. The van der Waals surface area contributed by atoms with Gasteiger partial charge >= 0.3 is 5.97 Å². The number of carboxylic acid groups (broad SMARTS) is 1. The second-order valence-electron chi connectivity index (χ2n) is 7.01. The van der Waals surface area contributed by atoms with E-state index in [0.717, 1.165) is 17.1 Å². The van der Waals surface area contributed by atoms with E-state index in [-0.39, 0.29) is 10.6 Å². The number of carbonyl (C=O) groups is 1. The predicted octanol–water partition coefficient (Wildman–Crippen LogP) is 3.37. The molecule has 0 saturated carbocycles. The van der Waals surface area contributed by atoms with Crippen molar-refractivity contribution >= 4 is 21.7 Å². The number of anilines is 1. The Labute approximate surface area is 175 Å². The maximum Gasteiger partial charge on any atom is 0.341 e. The molecular weight excluding hydrogens is 406 g/mol. The van der Waals surface area contributed by atoms with Gasteiger partial charge in [-0.3, -0.25) is 4.72 Å². The van der Waals surface area contributed by atoms with Gasteiger partial charge in [-0.25, -0.2) is 17.9 Å². The van der Waals surface area contributed by atoms with Crippen molar-refractivity contribution in [2.45, 2.75) is 32.6 Å². The summed E-state index contributed by atoms with van der Waals surface area (Å²) in [5.41, 5.74) is 3.90. The van der Waals surface area contributed by atoms with E-state index < -0.39 is 22.6 Å². The van der Waals surface area contributed by atoms with Crippen LogP contribution in [0.2, 0.25) is 0 Å². The number of hydrogen-bond acceptors (Lipinski definition) is 5. The molecule has 1 aromatic heterocycles. The summed E-state index contributed by atoms with van der Waals surface area (Å²) in [5.74, 6) is -0.891. The first kappa shape index (κ1) is 21.4. The minimum atomic E-state index is -3.93. The van der Waals surface area contributed by atoms with Crippen molar-refractivity contribution in [2.75, 3.05) is 11.3 Å². The van der Waals surface area contributed by atoms with Gasteiger partial charge in [0.15, 0.2) is 6.61 Å². The van der Waals surface area contributed by atoms with Crippen LogP contribution in [0.1, 0.15) is 22.5 Å². The van der Waals surface area contributed by atoms with E-state index in [1.165, 1.54) is 6.07 Å². The molecular formula is C21H23N3O5S. The molecule has 158 valence electrons. The molecule has 3 aromatic rings. The molecule has 0 aliphatic rings. The highest BCUT2D eigenvalue weighted by molar-refractivity contribution is 7.92. The standard InChI is InChI=1S/C21H23N3O5S/c1-13-8-9-19(16(4)21(13)29-12-20(25)26)30(27,28)23-17-6-5-7-18(11-17)24-15(3)10-14(2)22-24/h5-11,23H,12H2,1-4H3,(H,25,26). The van der Waals surface area contributed by atoms with Gasteiger partial charge in [-0.2, -0.15) is 5.10 Å². The van der Waals surface area contributed by atoms with E-state index in [4.69, 9.17) is 9.84 Å². The number of nitrogens with one attached hydrogen (secondary N) is 1. The van der Waals surface area contributed by atoms with Crippen molar-refractivity contribution in [3.63, 3.8) is 0 Å². The van der Waals surface area contributed by atoms with Crippen molar-refractivity contribution in [3.8, 4) is 11.4 Å². The third kappa shape index (κ3) is 4.46. The van der Waals surface area contributed by atoms with Crippen LogP contribution >= 0.6 is 0 Å². The molecule has 0 amide bonds. The summed E-state index contributed by atoms with van der Waals surface area (Å²) in [6.45, 7) is 6.58. The Kier molecular flexibility index (Phi) is 5.84. The fourth-order valence-electron chi connectivity index (χ4n) is 3.26. The molecule has 1 heterocycles. The van der Waals surface area contributed by atoms with Crippen molar-refractivity contribution in [1.82, 2.24) is 9.78 Å². The summed E-state index contributed by atoms with van der Waals surface area (Å²) in [4.78, 5) is 10.8. The molecule has 3 rings (SSSR count). The third-order valence-corrected chi connectivity index (χ3v) is 6.06. The van der Waals surface area contributed by atoms with Gasteiger partial charge in [0.2, 0.25) is 0 Å². The average molecular weight is 429 g/mol. The Morgan fingerprint density at radius 1 is 1.13 bits per heavy atom. The maximum absolute atomic E-state index is 13.0. The highest BCUT2D eigenvalue weighted by Gasteiger charge is 2.21. The monoisotopic (exact) mass is 429 g/mol. The Hall–Kier alpha value is -3.33. The molecule has 30 heavy (non-hydrogen) atoms. The molecule has 0 radical (unpaired) electrons. The van der Waals surface area contributed by atoms with Crippen molar-refractivity contribution in [1.29, 1.82) is 0 Å². The van der Waals surface area contributed by atoms with Crippen LogP contribution in [0.15, 0.2) is 47.4 Å². The first-order valence-corrected chi connectivity index (χ1v) is 10.7. The predicted molar refractivity (Wildman–Crippen MR) is 113 cm³/mol. The van der Waals surface area contributed by atoms with Gasteiger partial charge in [0.1, 0.15) is 5.75 Å². The van der Waals surface area contributed by atoms with E-state index in [0.29, 0.717) is 16.8 Å². The summed E-state index contributed by atoms with van der Waals surface area (Å²) in [5, 5.41) is 13.3. The topological polar surface area (TPSA) is 111 Å². The van der Waals surface area contributed by atoms with Gasteiger partial charge in [-0.05, 0) is 63.6 Å². The van der Waals surface area contributed by atoms with Crippen molar-refractivity contribution < 1.29 is 23.1 Å². The first-order valence-electron chi connectivity index (χ1n) is 9.20. The summed E-state index contributed by atoms with van der Waals surface area (Å²) < 4.78 is 35.7. The smallest absolute Gasteiger partial charge is 0.341 e. The number of aromatic nitrogens is 2. The van der Waals surface area contributed by atoms with Crippen LogP contribution in [0.4, 0.5) is 5.69 Å². The summed E-state index contributed by atoms with van der Waals surface area (Å²) >= 11 is 0. The van der Waals surface area contributed by atoms with Crippen LogP contribution < -0.4 is 9.46 Å². The van der Waals surface area contributed by atoms with E-state index >= 15 is 0 Å². The fourth-order valence-corrected chi connectivity index (χ4v) is 4.55. The van der Waals surface area contributed by atoms with Crippen LogP contribution in [-0.4, -0.2) is 35.9 Å². The van der Waals surface area contributed by atoms with E-state index in [1.807, 2.05) is 26.0 Å². The Balaban J connectivity index is 1.94. The summed E-state index contributed by atoms with van der Waals surface area (Å²) in [6, 6.07) is 11.9. The van der Waals surface area contributed by atoms with Gasteiger partial charge in [-0.15, -0.1) is 0 Å². The zero-order chi connectivity index (χ0) is 22.1. The number of nitrogens with zero attached hydrogens (tertiary/aromatic N) is 2. The van der Waals surface area contributed by atoms with Crippen LogP contribution in [0, 0.1) is 27.7 Å². The number of carboxylic acids is 1. The van der Waals surface area contributed by atoms with Crippen molar-refractivity contribution in [3.05, 3.63) is 65.0 Å².